The Morgan fingerprint density at radius 2 is 1.59 bits per heavy atom. The van der Waals surface area contributed by atoms with Crippen molar-refractivity contribution in [3.8, 4) is 0 Å². The SMILES string of the molecule is Brc1ccc2[nH]c3c(cc4ccn5c6ccccc6c3c45)c2c1.CC.CC. The van der Waals surface area contributed by atoms with Crippen LogP contribution in [0.3, 0.4) is 0 Å². The number of fused-ring (bicyclic) bond motifs is 7. The van der Waals surface area contributed by atoms with Gasteiger partial charge in [0.2, 0.25) is 0 Å². The van der Waals surface area contributed by atoms with Gasteiger partial charge in [-0.1, -0.05) is 61.8 Å². The molecule has 1 N–H and O–H groups in total. The van der Waals surface area contributed by atoms with Crippen LogP contribution < -0.4 is 0 Å². The third-order valence-corrected chi connectivity index (χ3v) is 5.43. The number of aromatic nitrogens is 2. The predicted octanol–water partition coefficient (Wildman–Crippen LogP) is 8.13. The van der Waals surface area contributed by atoms with Crippen LogP contribution in [0.5, 0.6) is 0 Å². The molecule has 0 saturated heterocycles. The lowest BCUT2D eigenvalue weighted by molar-refractivity contribution is 1.30. The van der Waals surface area contributed by atoms with E-state index in [2.05, 4.69) is 86.1 Å². The maximum absolute atomic E-state index is 3.65. The van der Waals surface area contributed by atoms with Crippen molar-refractivity contribution in [2.45, 2.75) is 27.7 Å². The molecule has 0 spiro atoms. The lowest BCUT2D eigenvalue weighted by Gasteiger charge is -1.97. The Labute approximate surface area is 167 Å². The summed E-state index contributed by atoms with van der Waals surface area (Å²) in [6, 6.07) is 19.6. The smallest absolute Gasteiger partial charge is 0.0629 e. The van der Waals surface area contributed by atoms with E-state index in [4.69, 9.17) is 0 Å². The van der Waals surface area contributed by atoms with Gasteiger partial charge in [-0.3, -0.25) is 0 Å². The monoisotopic (exact) mass is 418 g/mol. The highest BCUT2D eigenvalue weighted by atomic mass is 79.9. The average molecular weight is 419 g/mol. The normalized spacial score (nSPS) is 11.1. The Morgan fingerprint density at radius 1 is 0.815 bits per heavy atom. The molecule has 136 valence electrons. The van der Waals surface area contributed by atoms with E-state index in [1.54, 1.807) is 0 Å². The van der Waals surface area contributed by atoms with E-state index in [0.717, 1.165) is 4.47 Å². The molecule has 3 heteroatoms. The highest BCUT2D eigenvalue weighted by Crippen LogP contribution is 2.40. The molecule has 0 fully saturated rings. The van der Waals surface area contributed by atoms with Crippen molar-refractivity contribution in [1.29, 1.82) is 0 Å². The molecule has 27 heavy (non-hydrogen) atoms. The lowest BCUT2D eigenvalue weighted by atomic mass is 10.1. The van der Waals surface area contributed by atoms with Gasteiger partial charge in [0.15, 0.2) is 0 Å². The predicted molar refractivity (Wildman–Crippen MR) is 123 cm³/mol. The number of halogens is 1. The summed E-state index contributed by atoms with van der Waals surface area (Å²) in [4.78, 5) is 3.65. The lowest BCUT2D eigenvalue weighted by Crippen LogP contribution is -1.75. The fraction of sp³-hybridized carbons (Fsp3) is 0.167. The van der Waals surface area contributed by atoms with Gasteiger partial charge >= 0.3 is 0 Å². The number of aromatic amines is 1. The first-order valence-corrected chi connectivity index (χ1v) is 10.5. The van der Waals surface area contributed by atoms with Crippen molar-refractivity contribution in [2.24, 2.45) is 0 Å². The number of nitrogens with zero attached hydrogens (tertiary/aromatic N) is 1. The van der Waals surface area contributed by atoms with Crippen molar-refractivity contribution in [3.05, 3.63) is 65.3 Å². The first-order chi connectivity index (χ1) is 13.3. The Hall–Kier alpha value is -2.52. The highest BCUT2D eigenvalue weighted by Gasteiger charge is 2.17. The first-order valence-electron chi connectivity index (χ1n) is 9.66. The highest BCUT2D eigenvalue weighted by molar-refractivity contribution is 9.10. The molecule has 0 aliphatic carbocycles. The van der Waals surface area contributed by atoms with E-state index in [1.807, 2.05) is 27.7 Å². The Kier molecular flexibility index (Phi) is 4.56. The minimum Gasteiger partial charge on any atom is -0.354 e. The molecule has 0 bridgehead atoms. The molecule has 0 atom stereocenters. The summed E-state index contributed by atoms with van der Waals surface area (Å²) in [5, 5.41) is 6.49. The molecule has 3 aromatic carbocycles. The summed E-state index contributed by atoms with van der Waals surface area (Å²) in [6.07, 6.45) is 2.18. The summed E-state index contributed by atoms with van der Waals surface area (Å²) in [7, 11) is 0. The quantitative estimate of drug-likeness (QED) is 0.256. The molecule has 0 saturated carbocycles. The Bertz CT molecular complexity index is 1370. The summed E-state index contributed by atoms with van der Waals surface area (Å²) in [6.45, 7) is 8.00. The molecule has 0 unspecified atom stereocenters. The Morgan fingerprint density at radius 3 is 2.41 bits per heavy atom. The third-order valence-electron chi connectivity index (χ3n) is 4.94. The van der Waals surface area contributed by atoms with Crippen LogP contribution in [-0.4, -0.2) is 9.38 Å². The van der Waals surface area contributed by atoms with Crippen molar-refractivity contribution < 1.29 is 0 Å². The second-order valence-corrected chi connectivity index (χ2v) is 7.05. The summed E-state index contributed by atoms with van der Waals surface area (Å²) in [5.74, 6) is 0. The molecule has 0 radical (unpaired) electrons. The topological polar surface area (TPSA) is 20.2 Å². The van der Waals surface area contributed by atoms with E-state index in [9.17, 15) is 0 Å². The van der Waals surface area contributed by atoms with Gasteiger partial charge in [-0.25, -0.2) is 0 Å². The zero-order valence-electron chi connectivity index (χ0n) is 16.1. The van der Waals surface area contributed by atoms with Gasteiger partial charge < -0.3 is 9.38 Å². The molecular formula is C24H23BrN2. The molecule has 0 aliphatic heterocycles. The maximum Gasteiger partial charge on any atom is 0.0629 e. The van der Waals surface area contributed by atoms with Crippen molar-refractivity contribution >= 4 is 64.9 Å². The molecule has 6 aromatic rings. The maximum atomic E-state index is 3.65. The number of hydrogen-bond acceptors (Lipinski definition) is 0. The standard InChI is InChI=1S/C20H11BrN2.2C2H6/c21-12-5-6-16-14(10-12)15-9-11-7-8-23-17-4-2-1-3-13(17)18(20(11)23)19(15)22-16;2*1-2/h1-10,22H;2*1-2H3. The fourth-order valence-corrected chi connectivity index (χ4v) is 4.35. The van der Waals surface area contributed by atoms with E-state index >= 15 is 0 Å². The van der Waals surface area contributed by atoms with Crippen LogP contribution in [0.25, 0.3) is 49.0 Å². The minimum absolute atomic E-state index is 1.11. The zero-order valence-corrected chi connectivity index (χ0v) is 17.7. The van der Waals surface area contributed by atoms with Crippen molar-refractivity contribution in [1.82, 2.24) is 9.38 Å². The number of H-pyrrole nitrogens is 1. The van der Waals surface area contributed by atoms with Crippen molar-refractivity contribution in [2.75, 3.05) is 0 Å². The number of rotatable bonds is 0. The zero-order chi connectivity index (χ0) is 19.1. The number of benzene rings is 3. The van der Waals surface area contributed by atoms with E-state index < -0.39 is 0 Å². The minimum atomic E-state index is 1.11. The van der Waals surface area contributed by atoms with Gasteiger partial charge in [-0.15, -0.1) is 0 Å². The largest absolute Gasteiger partial charge is 0.354 e. The summed E-state index contributed by atoms with van der Waals surface area (Å²) >= 11 is 3.60. The molecule has 3 aromatic heterocycles. The van der Waals surface area contributed by atoms with Gasteiger partial charge in [0.25, 0.3) is 0 Å². The van der Waals surface area contributed by atoms with Crippen LogP contribution in [0.2, 0.25) is 0 Å². The van der Waals surface area contributed by atoms with Gasteiger partial charge in [-0.05, 0) is 36.4 Å². The van der Waals surface area contributed by atoms with Gasteiger partial charge in [-0.2, -0.15) is 0 Å². The van der Waals surface area contributed by atoms with Crippen LogP contribution in [0.1, 0.15) is 27.7 Å². The van der Waals surface area contributed by atoms with Crippen molar-refractivity contribution in [3.63, 3.8) is 0 Å². The Balaban J connectivity index is 0.000000425. The van der Waals surface area contributed by atoms with Crippen LogP contribution in [0.15, 0.2) is 65.3 Å². The molecule has 0 amide bonds. The van der Waals surface area contributed by atoms with Crippen LogP contribution in [0.4, 0.5) is 0 Å². The van der Waals surface area contributed by atoms with Crippen LogP contribution in [-0.2, 0) is 0 Å². The van der Waals surface area contributed by atoms with Crippen LogP contribution >= 0.6 is 15.9 Å². The summed E-state index contributed by atoms with van der Waals surface area (Å²) in [5.41, 5.74) is 4.99. The van der Waals surface area contributed by atoms with E-state index in [0.29, 0.717) is 0 Å². The molecule has 6 rings (SSSR count). The van der Waals surface area contributed by atoms with Gasteiger partial charge in [0.05, 0.1) is 16.6 Å². The number of para-hydroxylation sites is 1. The summed E-state index contributed by atoms with van der Waals surface area (Å²) < 4.78 is 3.42. The molecular weight excluding hydrogens is 396 g/mol. The van der Waals surface area contributed by atoms with Gasteiger partial charge in [0, 0.05) is 43.1 Å². The first kappa shape index (κ1) is 17.9. The van der Waals surface area contributed by atoms with E-state index in [-0.39, 0.29) is 0 Å². The molecule has 2 nitrogen and oxygen atoms in total. The number of nitrogens with one attached hydrogen (secondary N) is 1. The third kappa shape index (κ3) is 2.45. The second kappa shape index (κ2) is 6.90. The fourth-order valence-electron chi connectivity index (χ4n) is 3.99. The number of hydrogen-bond donors (Lipinski definition) is 1. The molecule has 3 heterocycles. The molecule has 0 aliphatic rings. The van der Waals surface area contributed by atoms with E-state index in [1.165, 1.54) is 49.0 Å². The second-order valence-electron chi connectivity index (χ2n) is 6.13. The van der Waals surface area contributed by atoms with Crippen LogP contribution in [0, 0.1) is 0 Å². The van der Waals surface area contributed by atoms with Gasteiger partial charge in [0.1, 0.15) is 0 Å². The average Bonchev–Trinajstić information content (AvgIpc) is 3.39.